The molecule has 0 N–H and O–H groups in total. The molecule has 0 radical (unpaired) electrons. The molecule has 9 heteroatoms. The molecule has 4 rings (SSSR count). The Labute approximate surface area is 234 Å². The van der Waals surface area contributed by atoms with Crippen LogP contribution in [0.15, 0.2) is 40.0 Å². The maximum Gasteiger partial charge on any atom is 0.270 e. The number of carbonyl (C=O) groups excluding carboxylic acids is 1. The highest BCUT2D eigenvalue weighted by Crippen LogP contribution is 2.36. The Kier molecular flexibility index (Phi) is 9.29. The number of amides is 1. The third-order valence-electron chi connectivity index (χ3n) is 7.13. The molecule has 200 valence electrons. The van der Waals surface area contributed by atoms with Gasteiger partial charge >= 0.3 is 0 Å². The number of aromatic nitrogens is 1. The number of benzene rings is 1. The van der Waals surface area contributed by atoms with Crippen LogP contribution in [0.25, 0.3) is 6.08 Å². The van der Waals surface area contributed by atoms with Crippen LogP contribution in [0.4, 0.5) is 11.5 Å². The van der Waals surface area contributed by atoms with Gasteiger partial charge in [0.1, 0.15) is 21.8 Å². The molecule has 0 aliphatic carbocycles. The number of nitriles is 1. The lowest BCUT2D eigenvalue weighted by Crippen LogP contribution is -2.48. The van der Waals surface area contributed by atoms with Crippen LogP contribution in [-0.4, -0.2) is 52.4 Å². The van der Waals surface area contributed by atoms with Crippen molar-refractivity contribution in [1.82, 2.24) is 9.47 Å². The monoisotopic (exact) mass is 549 g/mol. The molecule has 0 atom stereocenters. The first-order valence-corrected chi connectivity index (χ1v) is 14.6. The van der Waals surface area contributed by atoms with E-state index in [0.717, 1.165) is 63.2 Å². The molecule has 1 aromatic carbocycles. The predicted molar refractivity (Wildman–Crippen MR) is 161 cm³/mol. The quantitative estimate of drug-likeness (QED) is 0.243. The van der Waals surface area contributed by atoms with Gasteiger partial charge in [-0.3, -0.25) is 19.1 Å². The largest absolute Gasteiger partial charge is 0.368 e. The van der Waals surface area contributed by atoms with E-state index in [2.05, 4.69) is 34.9 Å². The van der Waals surface area contributed by atoms with E-state index in [-0.39, 0.29) is 17.0 Å². The van der Waals surface area contributed by atoms with E-state index in [1.165, 1.54) is 17.4 Å². The lowest BCUT2D eigenvalue weighted by molar-refractivity contribution is -0.122. The van der Waals surface area contributed by atoms with Crippen LogP contribution >= 0.6 is 24.0 Å². The Balaban J connectivity index is 1.75. The Morgan fingerprint density at radius 2 is 1.68 bits per heavy atom. The van der Waals surface area contributed by atoms with E-state index in [1.807, 2.05) is 38.1 Å². The molecule has 0 bridgehead atoms. The molecule has 7 nitrogen and oxygen atoms in total. The van der Waals surface area contributed by atoms with Gasteiger partial charge in [-0.05, 0) is 43.5 Å². The van der Waals surface area contributed by atoms with Crippen molar-refractivity contribution >= 4 is 51.8 Å². The minimum absolute atomic E-state index is 0.0953. The number of unbranched alkanes of at least 4 members (excludes halogenated alkanes) is 2. The van der Waals surface area contributed by atoms with E-state index < -0.39 is 0 Å². The summed E-state index contributed by atoms with van der Waals surface area (Å²) in [5, 5.41) is 9.89. The highest BCUT2D eigenvalue weighted by Gasteiger charge is 2.33. The van der Waals surface area contributed by atoms with Crippen molar-refractivity contribution in [2.24, 2.45) is 0 Å². The van der Waals surface area contributed by atoms with E-state index in [9.17, 15) is 14.9 Å². The van der Waals surface area contributed by atoms with Crippen LogP contribution < -0.4 is 15.4 Å². The Hall–Kier alpha value is -3.09. The van der Waals surface area contributed by atoms with E-state index in [1.54, 1.807) is 9.47 Å². The molecule has 3 heterocycles. The second kappa shape index (κ2) is 12.6. The van der Waals surface area contributed by atoms with Crippen molar-refractivity contribution in [1.29, 1.82) is 5.26 Å². The minimum atomic E-state index is -0.267. The summed E-state index contributed by atoms with van der Waals surface area (Å²) in [5.41, 5.74) is 2.42. The number of para-hydroxylation sites is 1. The Bertz CT molecular complexity index is 1320. The molecule has 2 fully saturated rings. The summed E-state index contributed by atoms with van der Waals surface area (Å²) in [6, 6.07) is 12.5. The zero-order valence-corrected chi connectivity index (χ0v) is 24.0. The molecule has 38 heavy (non-hydrogen) atoms. The van der Waals surface area contributed by atoms with Crippen LogP contribution in [0.3, 0.4) is 0 Å². The van der Waals surface area contributed by atoms with Gasteiger partial charge in [0.2, 0.25) is 0 Å². The van der Waals surface area contributed by atoms with Crippen molar-refractivity contribution in [3.63, 3.8) is 0 Å². The average Bonchev–Trinajstić information content (AvgIpc) is 3.20. The van der Waals surface area contributed by atoms with Gasteiger partial charge < -0.3 is 9.80 Å². The molecule has 2 saturated heterocycles. The first-order chi connectivity index (χ1) is 18.4. The van der Waals surface area contributed by atoms with Gasteiger partial charge in [-0.1, -0.05) is 68.9 Å². The molecular weight excluding hydrogens is 514 g/mol. The Morgan fingerprint density at radius 3 is 2.32 bits per heavy atom. The van der Waals surface area contributed by atoms with Crippen LogP contribution in [0.2, 0.25) is 0 Å². The van der Waals surface area contributed by atoms with Crippen molar-refractivity contribution < 1.29 is 4.79 Å². The van der Waals surface area contributed by atoms with E-state index in [0.29, 0.717) is 27.9 Å². The zero-order chi connectivity index (χ0) is 27.2. The van der Waals surface area contributed by atoms with Gasteiger partial charge in [-0.15, -0.1) is 0 Å². The first kappa shape index (κ1) is 27.9. The van der Waals surface area contributed by atoms with Crippen LogP contribution in [0.5, 0.6) is 0 Å². The third-order valence-corrected chi connectivity index (χ3v) is 8.51. The van der Waals surface area contributed by atoms with Gasteiger partial charge in [0, 0.05) is 50.5 Å². The summed E-state index contributed by atoms with van der Waals surface area (Å²) < 4.78 is 2.30. The maximum atomic E-state index is 13.4. The summed E-state index contributed by atoms with van der Waals surface area (Å²) in [5.74, 6) is 0.694. The fourth-order valence-electron chi connectivity index (χ4n) is 5.07. The molecular formula is C29H35N5O2S2. The topological polar surface area (TPSA) is 72.6 Å². The van der Waals surface area contributed by atoms with Crippen molar-refractivity contribution in [2.45, 2.75) is 53.0 Å². The number of thioether (sulfide) groups is 1. The van der Waals surface area contributed by atoms with Crippen LogP contribution in [0, 0.1) is 18.3 Å². The van der Waals surface area contributed by atoms with Gasteiger partial charge in [-0.25, -0.2) is 0 Å². The molecule has 2 aromatic rings. The number of pyridine rings is 1. The van der Waals surface area contributed by atoms with E-state index >= 15 is 0 Å². The number of hydrogen-bond donors (Lipinski definition) is 0. The van der Waals surface area contributed by atoms with Crippen molar-refractivity contribution in [3.8, 4) is 6.07 Å². The smallest absolute Gasteiger partial charge is 0.270 e. The normalized spacial score (nSPS) is 17.0. The number of carbonyl (C=O) groups is 1. The van der Waals surface area contributed by atoms with Gasteiger partial charge in [0.25, 0.3) is 11.5 Å². The zero-order valence-electron chi connectivity index (χ0n) is 22.4. The van der Waals surface area contributed by atoms with E-state index in [4.69, 9.17) is 12.2 Å². The third kappa shape index (κ3) is 5.67. The highest BCUT2D eigenvalue weighted by molar-refractivity contribution is 8.26. The summed E-state index contributed by atoms with van der Waals surface area (Å²) in [7, 11) is 0. The lowest BCUT2D eigenvalue weighted by Gasteiger charge is -2.39. The Morgan fingerprint density at radius 1 is 1.00 bits per heavy atom. The van der Waals surface area contributed by atoms with Gasteiger partial charge in [0.15, 0.2) is 0 Å². The molecule has 1 amide bonds. The second-order valence-corrected chi connectivity index (χ2v) is 11.3. The number of rotatable bonds is 9. The first-order valence-electron chi connectivity index (χ1n) is 13.4. The molecule has 1 aromatic heterocycles. The summed E-state index contributed by atoms with van der Waals surface area (Å²) >= 11 is 6.86. The number of piperazine rings is 1. The highest BCUT2D eigenvalue weighted by atomic mass is 32.2. The molecule has 0 spiro atoms. The molecule has 2 aliphatic rings. The molecule has 2 aliphatic heterocycles. The fourth-order valence-corrected chi connectivity index (χ4v) is 6.37. The standard InChI is InChI=1S/C29H35N5O2S2/c1-4-6-10-14-34-28(36)25(38-29(34)37)19-23-21(3)24(20-30)27(35)33(13-5-2)26(23)32-17-15-31(16-18-32)22-11-8-7-9-12-22/h7-9,11-12,19H,4-6,10,13-18H2,1-3H3. The van der Waals surface area contributed by atoms with Crippen LogP contribution in [-0.2, 0) is 11.3 Å². The minimum Gasteiger partial charge on any atom is -0.368 e. The molecule has 0 unspecified atom stereocenters. The maximum absolute atomic E-state index is 13.4. The number of nitrogens with zero attached hydrogens (tertiary/aromatic N) is 5. The molecule has 0 saturated carbocycles. The van der Waals surface area contributed by atoms with Crippen molar-refractivity contribution in [3.05, 3.63) is 62.3 Å². The second-order valence-electron chi connectivity index (χ2n) is 9.66. The number of thiocarbonyl (C=S) groups is 1. The van der Waals surface area contributed by atoms with Crippen molar-refractivity contribution in [2.75, 3.05) is 42.5 Å². The summed E-state index contributed by atoms with van der Waals surface area (Å²) in [6.45, 7) is 10.1. The summed E-state index contributed by atoms with van der Waals surface area (Å²) in [6.07, 6.45) is 5.64. The number of anilines is 2. The average molecular weight is 550 g/mol. The fraction of sp³-hybridized carbons (Fsp3) is 0.448. The SMILES string of the molecule is CCCCCN1C(=O)C(=Cc2c(C)c(C#N)c(=O)n(CCC)c2N2CCN(c3ccccc3)CC2)SC1=S. The number of hydrogen-bond acceptors (Lipinski definition) is 7. The van der Waals surface area contributed by atoms with Crippen LogP contribution in [0.1, 0.15) is 56.2 Å². The van der Waals surface area contributed by atoms with Gasteiger partial charge in [-0.2, -0.15) is 5.26 Å². The predicted octanol–water partition coefficient (Wildman–Crippen LogP) is 5.16. The lowest BCUT2D eigenvalue weighted by atomic mass is 10.0. The van der Waals surface area contributed by atoms with Gasteiger partial charge in [0.05, 0.1) is 4.91 Å². The summed E-state index contributed by atoms with van der Waals surface area (Å²) in [4.78, 5) is 33.6.